The van der Waals surface area contributed by atoms with E-state index in [1.165, 1.54) is 0 Å². The van der Waals surface area contributed by atoms with Crippen molar-refractivity contribution in [3.05, 3.63) is 76.6 Å². The van der Waals surface area contributed by atoms with Crippen molar-refractivity contribution in [3.8, 4) is 16.9 Å². The number of aryl methyl sites for hydroxylation is 1. The summed E-state index contributed by atoms with van der Waals surface area (Å²) < 4.78 is 7.83. The molecule has 12 heteroatoms. The first kappa shape index (κ1) is 26.1. The second kappa shape index (κ2) is 10.4. The lowest BCUT2D eigenvalue weighted by atomic mass is 10.0. The van der Waals surface area contributed by atoms with E-state index in [0.29, 0.717) is 49.3 Å². The summed E-state index contributed by atoms with van der Waals surface area (Å²) in [4.78, 5) is 42.9. The summed E-state index contributed by atoms with van der Waals surface area (Å²) in [7, 11) is 1.79. The molecule has 1 saturated heterocycles. The Bertz CT molecular complexity index is 1610. The van der Waals surface area contributed by atoms with Crippen molar-refractivity contribution in [3.63, 3.8) is 0 Å². The molecule has 1 fully saturated rings. The van der Waals surface area contributed by atoms with Crippen LogP contribution in [0.5, 0.6) is 5.75 Å². The number of halogens is 2. The van der Waals surface area contributed by atoms with Crippen LogP contribution in [0.1, 0.15) is 16.2 Å². The van der Waals surface area contributed by atoms with E-state index in [1.807, 2.05) is 54.3 Å². The van der Waals surface area contributed by atoms with Gasteiger partial charge in [0.1, 0.15) is 18.1 Å². The Hall–Kier alpha value is -4.15. The fourth-order valence-corrected chi connectivity index (χ4v) is 5.58. The SMILES string of the molecule is Cc1cc(-c2ccccc2)c(C(=O)C(=O)Nc2ccc3c(c2)OC[C@H]2CN(c4nc(Cl)nc(Cl)n4)CCN32)n1C. The minimum atomic E-state index is -0.713. The zero-order chi connectivity index (χ0) is 28.0. The number of carbonyl (C=O) groups is 2. The van der Waals surface area contributed by atoms with Gasteiger partial charge in [0.2, 0.25) is 16.5 Å². The molecule has 2 aromatic carbocycles. The number of hydrogen-bond acceptors (Lipinski definition) is 8. The summed E-state index contributed by atoms with van der Waals surface area (Å²) >= 11 is 11.9. The second-order valence-electron chi connectivity index (χ2n) is 9.72. The molecule has 6 rings (SSSR count). The van der Waals surface area contributed by atoms with E-state index >= 15 is 0 Å². The zero-order valence-electron chi connectivity index (χ0n) is 21.8. The Morgan fingerprint density at radius 3 is 2.50 bits per heavy atom. The Kier molecular flexibility index (Phi) is 6.81. The average molecular weight is 578 g/mol. The lowest BCUT2D eigenvalue weighted by Gasteiger charge is -2.45. The minimum Gasteiger partial charge on any atom is -0.489 e. The smallest absolute Gasteiger partial charge is 0.298 e. The third-order valence-electron chi connectivity index (χ3n) is 7.27. The topological polar surface area (TPSA) is 105 Å². The number of benzene rings is 2. The molecule has 0 unspecified atom stereocenters. The van der Waals surface area contributed by atoms with Crippen molar-refractivity contribution < 1.29 is 14.3 Å². The van der Waals surface area contributed by atoms with Crippen molar-refractivity contribution in [2.75, 3.05) is 41.4 Å². The van der Waals surface area contributed by atoms with Gasteiger partial charge in [0.25, 0.3) is 11.7 Å². The van der Waals surface area contributed by atoms with E-state index < -0.39 is 11.7 Å². The molecule has 40 heavy (non-hydrogen) atoms. The Balaban J connectivity index is 1.18. The van der Waals surface area contributed by atoms with Crippen LogP contribution < -0.4 is 19.9 Å². The molecule has 1 N–H and O–H groups in total. The van der Waals surface area contributed by atoms with Crippen LogP contribution in [0, 0.1) is 6.92 Å². The summed E-state index contributed by atoms with van der Waals surface area (Å²) in [5.41, 5.74) is 4.22. The fourth-order valence-electron chi connectivity index (χ4n) is 5.22. The van der Waals surface area contributed by atoms with Crippen LogP contribution in [0.15, 0.2) is 54.6 Å². The van der Waals surface area contributed by atoms with E-state index in [-0.39, 0.29) is 16.6 Å². The van der Waals surface area contributed by atoms with E-state index in [9.17, 15) is 9.59 Å². The highest BCUT2D eigenvalue weighted by atomic mass is 35.5. The number of hydrogen-bond donors (Lipinski definition) is 1. The highest BCUT2D eigenvalue weighted by molar-refractivity contribution is 6.47. The third-order valence-corrected chi connectivity index (χ3v) is 7.61. The molecule has 0 saturated carbocycles. The first-order valence-electron chi connectivity index (χ1n) is 12.7. The van der Waals surface area contributed by atoms with Gasteiger partial charge in [-0.05, 0) is 53.9 Å². The number of aromatic nitrogens is 4. The molecule has 2 aliphatic heterocycles. The van der Waals surface area contributed by atoms with Crippen LogP contribution in [0.3, 0.4) is 0 Å². The Labute approximate surface area is 240 Å². The predicted octanol–water partition coefficient (Wildman–Crippen LogP) is 4.40. The molecule has 0 bridgehead atoms. The van der Waals surface area contributed by atoms with E-state index in [2.05, 4.69) is 25.2 Å². The highest BCUT2D eigenvalue weighted by Gasteiger charge is 2.34. The number of piperazine rings is 1. The van der Waals surface area contributed by atoms with Gasteiger partial charge in [-0.2, -0.15) is 15.0 Å². The summed E-state index contributed by atoms with van der Waals surface area (Å²) in [5.74, 6) is -0.249. The van der Waals surface area contributed by atoms with Gasteiger partial charge in [0.15, 0.2) is 0 Å². The fraction of sp³-hybridized carbons (Fsp3) is 0.250. The van der Waals surface area contributed by atoms with Gasteiger partial charge in [-0.3, -0.25) is 9.59 Å². The lowest BCUT2D eigenvalue weighted by molar-refractivity contribution is -0.112. The number of Topliss-reactive ketones (excluding diaryl/α,β-unsaturated/α-hetero) is 1. The molecule has 0 aliphatic carbocycles. The molecule has 1 amide bonds. The molecule has 4 aromatic rings. The van der Waals surface area contributed by atoms with Crippen LogP contribution in [0.4, 0.5) is 17.3 Å². The van der Waals surface area contributed by atoms with E-state index in [1.54, 1.807) is 23.7 Å². The summed E-state index contributed by atoms with van der Waals surface area (Å²) in [6, 6.07) is 17.0. The van der Waals surface area contributed by atoms with Gasteiger partial charge >= 0.3 is 0 Å². The maximum Gasteiger partial charge on any atom is 0.298 e. The van der Waals surface area contributed by atoms with Crippen molar-refractivity contribution in [2.24, 2.45) is 7.05 Å². The standard InChI is InChI=1S/C28H25Cl2N7O3/c1-16-12-20(17-6-4-3-5-7-17)23(35(16)2)24(38)25(39)31-18-8-9-21-22(13-18)40-15-19-14-36(10-11-37(19)21)28-33-26(29)32-27(30)34-28/h3-9,12-13,19H,10-11,14-15H2,1-2H3,(H,31,39)/t19-/m1/s1. The number of ketones is 1. The molecule has 0 spiro atoms. The normalized spacial score (nSPS) is 16.1. The number of ether oxygens (including phenoxy) is 1. The highest BCUT2D eigenvalue weighted by Crippen LogP contribution is 2.38. The summed E-state index contributed by atoms with van der Waals surface area (Å²) in [6.45, 7) is 4.29. The maximum atomic E-state index is 13.3. The van der Waals surface area contributed by atoms with Crippen molar-refractivity contribution in [1.29, 1.82) is 0 Å². The van der Waals surface area contributed by atoms with Crippen molar-refractivity contribution in [2.45, 2.75) is 13.0 Å². The van der Waals surface area contributed by atoms with Gasteiger partial charge in [-0.1, -0.05) is 30.3 Å². The first-order chi connectivity index (χ1) is 19.3. The van der Waals surface area contributed by atoms with Crippen molar-refractivity contribution in [1.82, 2.24) is 19.5 Å². The van der Waals surface area contributed by atoms with Gasteiger partial charge in [0.05, 0.1) is 11.7 Å². The van der Waals surface area contributed by atoms with Crippen LogP contribution in [-0.4, -0.2) is 63.5 Å². The molecular formula is C28H25Cl2N7O3. The molecule has 10 nitrogen and oxygen atoms in total. The third kappa shape index (κ3) is 4.84. The molecular weight excluding hydrogens is 553 g/mol. The zero-order valence-corrected chi connectivity index (χ0v) is 23.3. The average Bonchev–Trinajstić information content (AvgIpc) is 3.25. The molecule has 0 radical (unpaired) electrons. The van der Waals surface area contributed by atoms with Crippen LogP contribution in [0.2, 0.25) is 10.6 Å². The van der Waals surface area contributed by atoms with Gasteiger partial charge in [0, 0.05) is 49.7 Å². The lowest BCUT2D eigenvalue weighted by Crippen LogP contribution is -2.57. The van der Waals surface area contributed by atoms with Crippen LogP contribution in [-0.2, 0) is 11.8 Å². The summed E-state index contributed by atoms with van der Waals surface area (Å²) in [6.07, 6.45) is 0. The Morgan fingerprint density at radius 1 is 1.00 bits per heavy atom. The van der Waals surface area contributed by atoms with Crippen LogP contribution in [0.25, 0.3) is 11.1 Å². The quantitative estimate of drug-likeness (QED) is 0.275. The van der Waals surface area contributed by atoms with E-state index in [0.717, 1.165) is 22.5 Å². The predicted molar refractivity (Wildman–Crippen MR) is 154 cm³/mol. The molecule has 2 aliphatic rings. The monoisotopic (exact) mass is 577 g/mol. The number of carbonyl (C=O) groups excluding carboxylic acids is 2. The molecule has 204 valence electrons. The van der Waals surface area contributed by atoms with Gasteiger partial charge in [-0.15, -0.1) is 0 Å². The second-order valence-corrected chi connectivity index (χ2v) is 10.4. The van der Waals surface area contributed by atoms with Gasteiger partial charge < -0.3 is 24.4 Å². The maximum absolute atomic E-state index is 13.3. The number of amides is 1. The number of fused-ring (bicyclic) bond motifs is 3. The molecule has 1 atom stereocenters. The number of nitrogens with one attached hydrogen (secondary N) is 1. The van der Waals surface area contributed by atoms with Gasteiger partial charge in [-0.25, -0.2) is 0 Å². The van der Waals surface area contributed by atoms with Crippen molar-refractivity contribution >= 4 is 52.2 Å². The summed E-state index contributed by atoms with van der Waals surface area (Å²) in [5, 5.41) is 2.86. The number of anilines is 3. The van der Waals surface area contributed by atoms with E-state index in [4.69, 9.17) is 27.9 Å². The van der Waals surface area contributed by atoms with Crippen LogP contribution >= 0.6 is 23.2 Å². The molecule has 4 heterocycles. The number of nitrogens with zero attached hydrogens (tertiary/aromatic N) is 6. The largest absolute Gasteiger partial charge is 0.489 e. The minimum absolute atomic E-state index is 0.0503. The Morgan fingerprint density at radius 2 is 1.75 bits per heavy atom. The number of rotatable bonds is 5. The molecule has 2 aromatic heterocycles. The first-order valence-corrected chi connectivity index (χ1v) is 13.5.